The van der Waals surface area contributed by atoms with Crippen LogP contribution in [0.1, 0.15) is 5.56 Å². The zero-order valence-electron chi connectivity index (χ0n) is 14.0. The number of carbonyl (C=O) groups excluding carboxylic acids is 1. The van der Waals surface area contributed by atoms with E-state index in [9.17, 15) is 4.79 Å². The van der Waals surface area contributed by atoms with Crippen molar-refractivity contribution in [2.24, 2.45) is 0 Å². The molecule has 1 aromatic carbocycles. The van der Waals surface area contributed by atoms with Gasteiger partial charge < -0.3 is 15.1 Å². The maximum absolute atomic E-state index is 11.7. The number of piperazine rings is 1. The standard InChI is InChI=1S/C17H26N4OS/c1-19(2)16(22)14-20-10-12-21(13-11-20)17(23)18-9-8-15-6-4-3-5-7-15/h3-7H,8-14H2,1-2H3,(H,18,23). The van der Waals surface area contributed by atoms with Gasteiger partial charge in [0.2, 0.25) is 5.91 Å². The predicted molar refractivity (Wildman–Crippen MR) is 97.5 cm³/mol. The molecule has 0 atom stereocenters. The van der Waals surface area contributed by atoms with E-state index in [1.165, 1.54) is 5.56 Å². The van der Waals surface area contributed by atoms with E-state index in [1.807, 2.05) is 6.07 Å². The van der Waals surface area contributed by atoms with Crippen molar-refractivity contribution in [3.63, 3.8) is 0 Å². The van der Waals surface area contributed by atoms with Gasteiger partial charge in [-0.05, 0) is 24.2 Å². The first-order chi connectivity index (χ1) is 11.1. The molecule has 1 aromatic rings. The highest BCUT2D eigenvalue weighted by Crippen LogP contribution is 2.03. The number of thiocarbonyl (C=S) groups is 1. The quantitative estimate of drug-likeness (QED) is 0.807. The molecule has 1 aliphatic heterocycles. The molecule has 1 fully saturated rings. The number of nitrogens with zero attached hydrogens (tertiary/aromatic N) is 3. The molecule has 0 radical (unpaired) electrons. The molecule has 0 aromatic heterocycles. The van der Waals surface area contributed by atoms with E-state index < -0.39 is 0 Å². The molecule has 0 aliphatic carbocycles. The van der Waals surface area contributed by atoms with E-state index in [-0.39, 0.29) is 5.91 Å². The van der Waals surface area contributed by atoms with E-state index in [2.05, 4.69) is 39.4 Å². The molecular weight excluding hydrogens is 308 g/mol. The van der Waals surface area contributed by atoms with E-state index in [1.54, 1.807) is 19.0 Å². The second kappa shape index (κ2) is 8.84. The number of carbonyl (C=O) groups is 1. The Hall–Kier alpha value is -1.66. The van der Waals surface area contributed by atoms with Gasteiger partial charge in [-0.2, -0.15) is 0 Å². The first-order valence-corrected chi connectivity index (χ1v) is 8.46. The summed E-state index contributed by atoms with van der Waals surface area (Å²) in [4.78, 5) is 17.8. The van der Waals surface area contributed by atoms with Crippen LogP contribution >= 0.6 is 12.2 Å². The van der Waals surface area contributed by atoms with Crippen LogP contribution < -0.4 is 5.32 Å². The lowest BCUT2D eigenvalue weighted by molar-refractivity contribution is -0.130. The van der Waals surface area contributed by atoms with Crippen molar-refractivity contribution < 1.29 is 4.79 Å². The van der Waals surface area contributed by atoms with Gasteiger partial charge in [0.25, 0.3) is 0 Å². The summed E-state index contributed by atoms with van der Waals surface area (Å²) in [6.07, 6.45) is 0.971. The summed E-state index contributed by atoms with van der Waals surface area (Å²) in [6, 6.07) is 10.4. The number of hydrogen-bond donors (Lipinski definition) is 1. The summed E-state index contributed by atoms with van der Waals surface area (Å²) in [6.45, 7) is 4.84. The highest BCUT2D eigenvalue weighted by molar-refractivity contribution is 7.80. The van der Waals surface area contributed by atoms with Crippen LogP contribution in [-0.2, 0) is 11.2 Å². The number of benzene rings is 1. The lowest BCUT2D eigenvalue weighted by Gasteiger charge is -2.36. The second-order valence-corrected chi connectivity index (χ2v) is 6.41. The number of amides is 1. The summed E-state index contributed by atoms with van der Waals surface area (Å²) >= 11 is 5.48. The minimum atomic E-state index is 0.155. The van der Waals surface area contributed by atoms with E-state index in [4.69, 9.17) is 12.2 Å². The monoisotopic (exact) mass is 334 g/mol. The molecule has 1 N–H and O–H groups in total. The summed E-state index contributed by atoms with van der Waals surface area (Å²) in [7, 11) is 3.59. The van der Waals surface area contributed by atoms with Gasteiger partial charge in [0, 0.05) is 46.8 Å². The molecule has 23 heavy (non-hydrogen) atoms. The highest BCUT2D eigenvalue weighted by atomic mass is 32.1. The molecule has 0 saturated carbocycles. The third-order valence-electron chi connectivity index (χ3n) is 4.05. The fourth-order valence-electron chi connectivity index (χ4n) is 2.51. The molecule has 0 spiro atoms. The topological polar surface area (TPSA) is 38.8 Å². The first-order valence-electron chi connectivity index (χ1n) is 8.05. The van der Waals surface area contributed by atoms with Gasteiger partial charge in [0.15, 0.2) is 5.11 Å². The third kappa shape index (κ3) is 5.80. The molecule has 126 valence electrons. The molecule has 5 nitrogen and oxygen atoms in total. The summed E-state index contributed by atoms with van der Waals surface area (Å²) in [5, 5.41) is 4.16. The molecule has 0 bridgehead atoms. The molecule has 1 heterocycles. The Kier molecular flexibility index (Phi) is 6.80. The van der Waals surface area contributed by atoms with Crippen LogP contribution in [0, 0.1) is 0 Å². The molecule has 2 rings (SSSR count). The van der Waals surface area contributed by atoms with Crippen LogP contribution in [0.4, 0.5) is 0 Å². The maximum Gasteiger partial charge on any atom is 0.236 e. The van der Waals surface area contributed by atoms with Crippen LogP contribution in [0.15, 0.2) is 30.3 Å². The minimum Gasteiger partial charge on any atom is -0.362 e. The fourth-order valence-corrected chi connectivity index (χ4v) is 2.80. The number of rotatable bonds is 5. The van der Waals surface area contributed by atoms with Crippen LogP contribution in [0.3, 0.4) is 0 Å². The first kappa shape index (κ1) is 17.7. The van der Waals surface area contributed by atoms with Crippen LogP contribution in [0.25, 0.3) is 0 Å². The van der Waals surface area contributed by atoms with Crippen LogP contribution in [-0.4, -0.2) is 79.1 Å². The fraction of sp³-hybridized carbons (Fsp3) is 0.529. The van der Waals surface area contributed by atoms with E-state index >= 15 is 0 Å². The summed E-state index contributed by atoms with van der Waals surface area (Å²) in [5.74, 6) is 0.155. The number of likely N-dealkylation sites (N-methyl/N-ethyl adjacent to an activating group) is 1. The summed E-state index contributed by atoms with van der Waals surface area (Å²) < 4.78 is 0. The lowest BCUT2D eigenvalue weighted by atomic mass is 10.1. The largest absolute Gasteiger partial charge is 0.362 e. The Balaban J connectivity index is 1.66. The van der Waals surface area contributed by atoms with E-state index in [0.29, 0.717) is 6.54 Å². The van der Waals surface area contributed by atoms with Gasteiger partial charge in [0.05, 0.1) is 6.54 Å². The normalized spacial score (nSPS) is 15.3. The van der Waals surface area contributed by atoms with Crippen molar-refractivity contribution in [3.05, 3.63) is 35.9 Å². The van der Waals surface area contributed by atoms with Crippen molar-refractivity contribution in [2.75, 3.05) is 53.4 Å². The average Bonchev–Trinajstić information content (AvgIpc) is 2.56. The Morgan fingerprint density at radius 2 is 1.83 bits per heavy atom. The highest BCUT2D eigenvalue weighted by Gasteiger charge is 2.20. The molecule has 1 saturated heterocycles. The van der Waals surface area contributed by atoms with Gasteiger partial charge in [-0.25, -0.2) is 0 Å². The van der Waals surface area contributed by atoms with E-state index in [0.717, 1.165) is 44.3 Å². The van der Waals surface area contributed by atoms with Crippen LogP contribution in [0.5, 0.6) is 0 Å². The molecule has 6 heteroatoms. The minimum absolute atomic E-state index is 0.155. The SMILES string of the molecule is CN(C)C(=O)CN1CCN(C(=S)NCCc2ccccc2)CC1. The zero-order valence-corrected chi connectivity index (χ0v) is 14.8. The number of nitrogens with one attached hydrogen (secondary N) is 1. The average molecular weight is 334 g/mol. The smallest absolute Gasteiger partial charge is 0.236 e. The van der Waals surface area contributed by atoms with Crippen molar-refractivity contribution in [1.82, 2.24) is 20.0 Å². The van der Waals surface area contributed by atoms with Crippen molar-refractivity contribution >= 4 is 23.2 Å². The zero-order chi connectivity index (χ0) is 16.7. The Morgan fingerprint density at radius 1 is 1.17 bits per heavy atom. The van der Waals surface area contributed by atoms with Crippen LogP contribution in [0.2, 0.25) is 0 Å². The van der Waals surface area contributed by atoms with Gasteiger partial charge in [-0.15, -0.1) is 0 Å². The third-order valence-corrected chi connectivity index (χ3v) is 4.45. The number of hydrogen-bond acceptors (Lipinski definition) is 3. The van der Waals surface area contributed by atoms with Crippen molar-refractivity contribution in [1.29, 1.82) is 0 Å². The van der Waals surface area contributed by atoms with Crippen molar-refractivity contribution in [2.45, 2.75) is 6.42 Å². The Labute approximate surface area is 144 Å². The predicted octanol–water partition coefficient (Wildman–Crippen LogP) is 0.809. The molecule has 1 aliphatic rings. The van der Waals surface area contributed by atoms with Gasteiger partial charge in [-0.1, -0.05) is 30.3 Å². The Bertz CT molecular complexity index is 513. The lowest BCUT2D eigenvalue weighted by Crippen LogP contribution is -2.53. The molecular formula is C17H26N4OS. The van der Waals surface area contributed by atoms with Crippen molar-refractivity contribution in [3.8, 4) is 0 Å². The Morgan fingerprint density at radius 3 is 2.43 bits per heavy atom. The molecule has 1 amide bonds. The summed E-state index contributed by atoms with van der Waals surface area (Å²) in [5.41, 5.74) is 1.31. The second-order valence-electron chi connectivity index (χ2n) is 6.02. The van der Waals surface area contributed by atoms with Gasteiger partial charge >= 0.3 is 0 Å². The van der Waals surface area contributed by atoms with Gasteiger partial charge in [0.1, 0.15) is 0 Å². The molecule has 0 unspecified atom stereocenters. The maximum atomic E-state index is 11.7. The van der Waals surface area contributed by atoms with Gasteiger partial charge in [-0.3, -0.25) is 9.69 Å².